The second kappa shape index (κ2) is 8.46. The van der Waals surface area contributed by atoms with Crippen molar-refractivity contribution >= 4 is 22.6 Å². The van der Waals surface area contributed by atoms with Gasteiger partial charge in [-0.2, -0.15) is 0 Å². The number of carboxylic acids is 1. The van der Waals surface area contributed by atoms with E-state index < -0.39 is 29.2 Å². The largest absolute Gasteiger partial charge is 0.478 e. The lowest BCUT2D eigenvalue weighted by Gasteiger charge is -2.20. The summed E-state index contributed by atoms with van der Waals surface area (Å²) >= 11 is 0. The fraction of sp³-hybridized carbons (Fsp3) is 0.160. The minimum atomic E-state index is -1.59. The summed E-state index contributed by atoms with van der Waals surface area (Å²) in [7, 11) is 1.65. The van der Waals surface area contributed by atoms with Crippen LogP contribution in [-0.2, 0) is 7.05 Å². The molecule has 0 aliphatic heterocycles. The quantitative estimate of drug-likeness (QED) is 0.445. The van der Waals surface area contributed by atoms with Crippen LogP contribution >= 0.6 is 0 Å². The summed E-state index contributed by atoms with van der Waals surface area (Å²) in [5.41, 5.74) is 1.56. The predicted molar refractivity (Wildman–Crippen MR) is 123 cm³/mol. The Hall–Kier alpha value is -4.07. The Kier molecular flexibility index (Phi) is 5.68. The van der Waals surface area contributed by atoms with Gasteiger partial charge in [0.25, 0.3) is 5.56 Å². The molecule has 0 radical (unpaired) electrons. The van der Waals surface area contributed by atoms with Gasteiger partial charge in [-0.25, -0.2) is 18.6 Å². The number of nitrogens with zero attached hydrogens (tertiary/aromatic N) is 2. The number of aromatic carboxylic acids is 1. The molecule has 0 aliphatic rings. The zero-order valence-corrected chi connectivity index (χ0v) is 18.2. The molecular formula is C25H21F2N3O3. The summed E-state index contributed by atoms with van der Waals surface area (Å²) in [6, 6.07) is 14.3. The molecule has 0 saturated carbocycles. The van der Waals surface area contributed by atoms with Gasteiger partial charge in [0, 0.05) is 18.2 Å². The van der Waals surface area contributed by atoms with Crippen molar-refractivity contribution in [3.8, 4) is 11.4 Å². The van der Waals surface area contributed by atoms with Crippen LogP contribution in [-0.4, -0.2) is 20.6 Å². The summed E-state index contributed by atoms with van der Waals surface area (Å²) in [6.07, 6.45) is 0. The summed E-state index contributed by atoms with van der Waals surface area (Å²) in [4.78, 5) is 29.5. The Morgan fingerprint density at radius 3 is 2.48 bits per heavy atom. The van der Waals surface area contributed by atoms with Crippen molar-refractivity contribution in [2.45, 2.75) is 19.9 Å². The number of aromatic nitrogens is 2. The molecule has 2 N–H and O–H groups in total. The van der Waals surface area contributed by atoms with Gasteiger partial charge < -0.3 is 10.4 Å². The lowest BCUT2D eigenvalue weighted by Crippen LogP contribution is -2.22. The maximum Gasteiger partial charge on any atom is 0.340 e. The first kappa shape index (κ1) is 22.1. The van der Waals surface area contributed by atoms with Gasteiger partial charge in [0.2, 0.25) is 0 Å². The number of anilines is 1. The number of carbonyl (C=O) groups is 1. The highest BCUT2D eigenvalue weighted by Gasteiger charge is 2.23. The Balaban J connectivity index is 1.90. The lowest BCUT2D eigenvalue weighted by molar-refractivity contribution is 0.0691. The SMILES string of the molecule is Cc1cc([C@@H](C)Nc2ccc(F)c(F)c2C(=O)O)c2nc(-c3ccccc3)n(C)c(=O)c2c1. The van der Waals surface area contributed by atoms with Crippen LogP contribution in [0.1, 0.15) is 34.5 Å². The first-order valence-corrected chi connectivity index (χ1v) is 10.2. The molecule has 6 nitrogen and oxygen atoms in total. The monoisotopic (exact) mass is 449 g/mol. The van der Waals surface area contributed by atoms with Crippen LogP contribution in [0.25, 0.3) is 22.3 Å². The Morgan fingerprint density at radius 2 is 1.82 bits per heavy atom. The number of aryl methyl sites for hydroxylation is 1. The highest BCUT2D eigenvalue weighted by molar-refractivity contribution is 5.95. The number of benzene rings is 3. The van der Waals surface area contributed by atoms with Crippen molar-refractivity contribution in [2.75, 3.05) is 5.32 Å². The molecule has 0 spiro atoms. The molecule has 1 heterocycles. The minimum absolute atomic E-state index is 0.0735. The Labute approximate surface area is 188 Å². The van der Waals surface area contributed by atoms with Crippen LogP contribution in [0.15, 0.2) is 59.4 Å². The number of carboxylic acid groups (broad SMARTS) is 1. The van der Waals surface area contributed by atoms with Crippen molar-refractivity contribution in [2.24, 2.45) is 7.05 Å². The van der Waals surface area contributed by atoms with E-state index in [0.717, 1.165) is 17.2 Å². The highest BCUT2D eigenvalue weighted by atomic mass is 19.2. The number of nitrogens with one attached hydrogen (secondary N) is 1. The molecule has 0 fully saturated rings. The van der Waals surface area contributed by atoms with E-state index in [1.54, 1.807) is 20.0 Å². The third kappa shape index (κ3) is 3.95. The molecule has 4 aromatic rings. The van der Waals surface area contributed by atoms with E-state index in [4.69, 9.17) is 4.98 Å². The molecule has 4 rings (SSSR count). The molecule has 3 aromatic carbocycles. The Morgan fingerprint density at radius 1 is 1.12 bits per heavy atom. The number of hydrogen-bond donors (Lipinski definition) is 2. The molecule has 0 amide bonds. The second-order valence-corrected chi connectivity index (χ2v) is 7.87. The third-order valence-electron chi connectivity index (χ3n) is 5.53. The van der Waals surface area contributed by atoms with Gasteiger partial charge in [-0.1, -0.05) is 36.4 Å². The number of halogens is 2. The standard InChI is InChI=1S/C25H21F2N3O3/c1-13-11-16(14(2)28-19-10-9-18(26)21(27)20(19)25(32)33)22-17(12-13)24(31)30(3)23(29-22)15-7-5-4-6-8-15/h4-12,14,28H,1-3H3,(H,32,33)/t14-/m1/s1. The maximum atomic E-state index is 14.2. The maximum absolute atomic E-state index is 14.2. The second-order valence-electron chi connectivity index (χ2n) is 7.87. The van der Waals surface area contributed by atoms with E-state index in [2.05, 4.69) is 5.32 Å². The van der Waals surface area contributed by atoms with Gasteiger partial charge in [-0.05, 0) is 37.6 Å². The molecule has 1 atom stereocenters. The van der Waals surface area contributed by atoms with Crippen LogP contribution in [0.5, 0.6) is 0 Å². The van der Waals surface area contributed by atoms with Crippen molar-refractivity contribution in [3.63, 3.8) is 0 Å². The van der Waals surface area contributed by atoms with Crippen LogP contribution in [0.3, 0.4) is 0 Å². The van der Waals surface area contributed by atoms with Gasteiger partial charge in [0.15, 0.2) is 11.6 Å². The van der Waals surface area contributed by atoms with E-state index in [0.29, 0.717) is 22.3 Å². The average molecular weight is 449 g/mol. The molecule has 1 aromatic heterocycles. The molecule has 0 unspecified atom stereocenters. The smallest absolute Gasteiger partial charge is 0.340 e. The lowest BCUT2D eigenvalue weighted by atomic mass is 10.00. The highest BCUT2D eigenvalue weighted by Crippen LogP contribution is 2.30. The molecule has 0 bridgehead atoms. The first-order chi connectivity index (χ1) is 15.7. The van der Waals surface area contributed by atoms with E-state index >= 15 is 0 Å². The van der Waals surface area contributed by atoms with E-state index in [9.17, 15) is 23.5 Å². The van der Waals surface area contributed by atoms with Crippen molar-refractivity contribution in [3.05, 3.63) is 93.3 Å². The van der Waals surface area contributed by atoms with Crippen LogP contribution in [0.4, 0.5) is 14.5 Å². The molecule has 8 heteroatoms. The summed E-state index contributed by atoms with van der Waals surface area (Å²) in [6.45, 7) is 3.57. The zero-order chi connectivity index (χ0) is 23.9. The fourth-order valence-corrected chi connectivity index (χ4v) is 3.92. The van der Waals surface area contributed by atoms with Crippen LogP contribution in [0, 0.1) is 18.6 Å². The summed E-state index contributed by atoms with van der Waals surface area (Å²) in [5.74, 6) is -3.80. The summed E-state index contributed by atoms with van der Waals surface area (Å²) in [5, 5.41) is 12.8. The number of fused-ring (bicyclic) bond motifs is 1. The number of rotatable bonds is 5. The van der Waals surface area contributed by atoms with Gasteiger partial charge in [-0.3, -0.25) is 9.36 Å². The molecule has 33 heavy (non-hydrogen) atoms. The molecule has 0 saturated heterocycles. The predicted octanol–water partition coefficient (Wildman–Crippen LogP) is 5.06. The van der Waals surface area contributed by atoms with Crippen molar-refractivity contribution < 1.29 is 18.7 Å². The van der Waals surface area contributed by atoms with E-state index in [1.807, 2.05) is 43.3 Å². The topological polar surface area (TPSA) is 84.2 Å². The van der Waals surface area contributed by atoms with Crippen molar-refractivity contribution in [1.82, 2.24) is 9.55 Å². The molecule has 0 aliphatic carbocycles. The van der Waals surface area contributed by atoms with Gasteiger partial charge >= 0.3 is 5.97 Å². The zero-order valence-electron chi connectivity index (χ0n) is 18.2. The van der Waals surface area contributed by atoms with Gasteiger partial charge in [0.05, 0.1) is 22.6 Å². The Bertz CT molecular complexity index is 1450. The van der Waals surface area contributed by atoms with Crippen molar-refractivity contribution in [1.29, 1.82) is 0 Å². The van der Waals surface area contributed by atoms with Gasteiger partial charge in [0.1, 0.15) is 11.4 Å². The van der Waals surface area contributed by atoms with E-state index in [1.165, 1.54) is 10.6 Å². The van der Waals surface area contributed by atoms with Gasteiger partial charge in [-0.15, -0.1) is 0 Å². The minimum Gasteiger partial charge on any atom is -0.478 e. The number of hydrogen-bond acceptors (Lipinski definition) is 4. The first-order valence-electron chi connectivity index (χ1n) is 10.2. The van der Waals surface area contributed by atoms with Crippen LogP contribution in [0.2, 0.25) is 0 Å². The fourth-order valence-electron chi connectivity index (χ4n) is 3.92. The third-order valence-corrected chi connectivity index (χ3v) is 5.53. The molecule has 168 valence electrons. The normalized spacial score (nSPS) is 12.0. The van der Waals surface area contributed by atoms with E-state index in [-0.39, 0.29) is 11.2 Å². The average Bonchev–Trinajstić information content (AvgIpc) is 2.79. The van der Waals surface area contributed by atoms with Crippen LogP contribution < -0.4 is 10.9 Å². The summed E-state index contributed by atoms with van der Waals surface area (Å²) < 4.78 is 29.3. The molecular weight excluding hydrogens is 428 g/mol.